The highest BCUT2D eigenvalue weighted by Crippen LogP contribution is 2.20. The fourth-order valence-electron chi connectivity index (χ4n) is 2.34. The Hall–Kier alpha value is -1.18. The van der Waals surface area contributed by atoms with Crippen LogP contribution in [-0.4, -0.2) is 42.6 Å². The number of amides is 1. The molecule has 1 atom stereocenters. The van der Waals surface area contributed by atoms with Gasteiger partial charge in [0.25, 0.3) is 5.91 Å². The first-order valence-electron chi connectivity index (χ1n) is 6.57. The number of anilines is 1. The Morgan fingerprint density at radius 3 is 3.15 bits per heavy atom. The molecule has 1 aliphatic heterocycles. The van der Waals surface area contributed by atoms with Gasteiger partial charge in [-0.3, -0.25) is 4.79 Å². The van der Waals surface area contributed by atoms with Crippen molar-refractivity contribution >= 4 is 27.7 Å². The van der Waals surface area contributed by atoms with Gasteiger partial charge < -0.3 is 15.1 Å². The monoisotopic (exact) mass is 342 g/mol. The molecule has 0 aliphatic carbocycles. The normalized spacial score (nSPS) is 18.6. The summed E-state index contributed by atoms with van der Waals surface area (Å²) in [6, 6.07) is 1.72. The molecular formula is C13H19BrN4O2. The zero-order valence-electron chi connectivity index (χ0n) is 11.4. The van der Waals surface area contributed by atoms with E-state index >= 15 is 0 Å². The summed E-state index contributed by atoms with van der Waals surface area (Å²) in [6.07, 6.45) is 3.75. The van der Waals surface area contributed by atoms with Crippen molar-refractivity contribution < 1.29 is 9.53 Å². The molecule has 1 amide bonds. The molecule has 2 rings (SSSR count). The number of nitrogens with zero attached hydrogens (tertiary/aromatic N) is 2. The van der Waals surface area contributed by atoms with Crippen LogP contribution in [0.1, 0.15) is 23.2 Å². The molecule has 110 valence electrons. The molecule has 0 spiro atoms. The lowest BCUT2D eigenvalue weighted by Gasteiger charge is -2.27. The highest BCUT2D eigenvalue weighted by Gasteiger charge is 2.22. The van der Waals surface area contributed by atoms with E-state index in [0.717, 1.165) is 30.5 Å². The number of pyridine rings is 1. The summed E-state index contributed by atoms with van der Waals surface area (Å²) in [5.41, 5.74) is 2.92. The first-order valence-corrected chi connectivity index (χ1v) is 7.36. The lowest BCUT2D eigenvalue weighted by atomic mass is 10.0. The SMILES string of the molecule is CN(CC1CCCOC1)C(=O)c1cc(Br)cnc1NN. The van der Waals surface area contributed by atoms with Gasteiger partial charge in [-0.15, -0.1) is 0 Å². The van der Waals surface area contributed by atoms with Gasteiger partial charge in [0.1, 0.15) is 0 Å². The maximum Gasteiger partial charge on any atom is 0.257 e. The second-order valence-corrected chi connectivity index (χ2v) is 5.88. The Labute approximate surface area is 126 Å². The van der Waals surface area contributed by atoms with Crippen LogP contribution in [0, 0.1) is 5.92 Å². The van der Waals surface area contributed by atoms with Crippen LogP contribution in [0.3, 0.4) is 0 Å². The van der Waals surface area contributed by atoms with Crippen LogP contribution in [0.25, 0.3) is 0 Å². The first kappa shape index (κ1) is 15.2. The van der Waals surface area contributed by atoms with Crippen LogP contribution >= 0.6 is 15.9 Å². The molecule has 3 N–H and O–H groups in total. The van der Waals surface area contributed by atoms with E-state index < -0.39 is 0 Å². The van der Waals surface area contributed by atoms with E-state index in [1.807, 2.05) is 0 Å². The number of nitrogens with one attached hydrogen (secondary N) is 1. The van der Waals surface area contributed by atoms with E-state index in [-0.39, 0.29) is 5.91 Å². The van der Waals surface area contributed by atoms with Gasteiger partial charge in [-0.2, -0.15) is 0 Å². The lowest BCUT2D eigenvalue weighted by molar-refractivity contribution is 0.0388. The van der Waals surface area contributed by atoms with E-state index in [9.17, 15) is 4.79 Å². The Kier molecular flexibility index (Phi) is 5.33. The third-order valence-corrected chi connectivity index (χ3v) is 3.79. The van der Waals surface area contributed by atoms with E-state index in [4.69, 9.17) is 10.6 Å². The number of halogens is 1. The number of hydrazine groups is 1. The van der Waals surface area contributed by atoms with Gasteiger partial charge in [-0.1, -0.05) is 0 Å². The highest BCUT2D eigenvalue weighted by molar-refractivity contribution is 9.10. The number of aromatic nitrogens is 1. The maximum absolute atomic E-state index is 12.5. The molecule has 1 fully saturated rings. The van der Waals surface area contributed by atoms with Crippen molar-refractivity contribution in [1.29, 1.82) is 0 Å². The van der Waals surface area contributed by atoms with Gasteiger partial charge in [-0.05, 0) is 40.8 Å². The average Bonchev–Trinajstić information content (AvgIpc) is 2.47. The largest absolute Gasteiger partial charge is 0.381 e. The van der Waals surface area contributed by atoms with Gasteiger partial charge in [0.2, 0.25) is 0 Å². The Morgan fingerprint density at radius 2 is 2.50 bits per heavy atom. The van der Waals surface area contributed by atoms with E-state index in [1.165, 1.54) is 0 Å². The number of ether oxygens (including phenoxy) is 1. The molecule has 0 bridgehead atoms. The van der Waals surface area contributed by atoms with Crippen LogP contribution in [-0.2, 0) is 4.74 Å². The van der Waals surface area contributed by atoms with Crippen LogP contribution in [0.2, 0.25) is 0 Å². The molecule has 0 radical (unpaired) electrons. The lowest BCUT2D eigenvalue weighted by Crippen LogP contribution is -2.35. The average molecular weight is 343 g/mol. The molecule has 1 unspecified atom stereocenters. The second-order valence-electron chi connectivity index (χ2n) is 4.96. The first-order chi connectivity index (χ1) is 9.61. The van der Waals surface area contributed by atoms with Gasteiger partial charge in [0.15, 0.2) is 5.82 Å². The number of nitrogen functional groups attached to an aromatic ring is 1. The van der Waals surface area contributed by atoms with Crippen molar-refractivity contribution in [3.05, 3.63) is 22.3 Å². The minimum absolute atomic E-state index is 0.0997. The van der Waals surface area contributed by atoms with E-state index in [0.29, 0.717) is 23.8 Å². The Morgan fingerprint density at radius 1 is 1.70 bits per heavy atom. The molecular weight excluding hydrogens is 324 g/mol. The maximum atomic E-state index is 12.5. The predicted molar refractivity (Wildman–Crippen MR) is 80.3 cm³/mol. The van der Waals surface area contributed by atoms with E-state index in [1.54, 1.807) is 24.2 Å². The summed E-state index contributed by atoms with van der Waals surface area (Å²) in [7, 11) is 1.79. The summed E-state index contributed by atoms with van der Waals surface area (Å²) >= 11 is 3.32. The van der Waals surface area contributed by atoms with Gasteiger partial charge >= 0.3 is 0 Å². The smallest absolute Gasteiger partial charge is 0.257 e. The number of carbonyl (C=O) groups excluding carboxylic acids is 1. The molecule has 7 heteroatoms. The van der Waals surface area contributed by atoms with Crippen molar-refractivity contribution in [1.82, 2.24) is 9.88 Å². The Bertz CT molecular complexity index is 477. The van der Waals surface area contributed by atoms with Crippen molar-refractivity contribution in [2.75, 3.05) is 32.2 Å². The zero-order chi connectivity index (χ0) is 14.5. The summed E-state index contributed by atoms with van der Waals surface area (Å²) in [4.78, 5) is 18.3. The number of carbonyl (C=O) groups is 1. The third kappa shape index (κ3) is 3.68. The number of nitrogens with two attached hydrogens (primary N) is 1. The molecule has 1 aromatic rings. The van der Waals surface area contributed by atoms with Crippen LogP contribution in [0.4, 0.5) is 5.82 Å². The molecule has 1 aliphatic rings. The molecule has 2 heterocycles. The fraction of sp³-hybridized carbons (Fsp3) is 0.538. The molecule has 1 aromatic heterocycles. The van der Waals surface area contributed by atoms with E-state index in [2.05, 4.69) is 26.3 Å². The zero-order valence-corrected chi connectivity index (χ0v) is 13.0. The van der Waals surface area contributed by atoms with Gasteiger partial charge in [0.05, 0.1) is 12.2 Å². The number of hydrogen-bond acceptors (Lipinski definition) is 5. The topological polar surface area (TPSA) is 80.5 Å². The quantitative estimate of drug-likeness (QED) is 0.642. The summed E-state index contributed by atoms with van der Waals surface area (Å²) in [5, 5.41) is 0. The molecule has 0 saturated carbocycles. The van der Waals surface area contributed by atoms with Crippen molar-refractivity contribution in [2.24, 2.45) is 11.8 Å². The fourth-order valence-corrected chi connectivity index (χ4v) is 2.68. The van der Waals surface area contributed by atoms with Crippen LogP contribution in [0.15, 0.2) is 16.7 Å². The van der Waals surface area contributed by atoms with Crippen LogP contribution < -0.4 is 11.3 Å². The van der Waals surface area contributed by atoms with Gasteiger partial charge in [0, 0.05) is 30.9 Å². The predicted octanol–water partition coefficient (Wildman–Crippen LogP) is 1.63. The van der Waals surface area contributed by atoms with Crippen LogP contribution in [0.5, 0.6) is 0 Å². The molecule has 0 aromatic carbocycles. The number of hydrogen-bond donors (Lipinski definition) is 2. The Balaban J connectivity index is 2.07. The van der Waals surface area contributed by atoms with Crippen molar-refractivity contribution in [2.45, 2.75) is 12.8 Å². The molecule has 6 nitrogen and oxygen atoms in total. The highest BCUT2D eigenvalue weighted by atomic mass is 79.9. The summed E-state index contributed by atoms with van der Waals surface area (Å²) in [5.74, 6) is 6.08. The molecule has 1 saturated heterocycles. The summed E-state index contributed by atoms with van der Waals surface area (Å²) in [6.45, 7) is 2.22. The minimum Gasteiger partial charge on any atom is -0.381 e. The van der Waals surface area contributed by atoms with Crippen molar-refractivity contribution in [3.63, 3.8) is 0 Å². The summed E-state index contributed by atoms with van der Waals surface area (Å²) < 4.78 is 6.19. The second kappa shape index (κ2) is 7.01. The standard InChI is InChI=1S/C13H19BrN4O2/c1-18(7-9-3-2-4-20-8-9)13(19)11-5-10(14)6-16-12(11)17-15/h5-6,9H,2-4,7-8,15H2,1H3,(H,16,17). The van der Waals surface area contributed by atoms with Gasteiger partial charge in [-0.25, -0.2) is 10.8 Å². The molecule has 20 heavy (non-hydrogen) atoms. The van der Waals surface area contributed by atoms with Crippen molar-refractivity contribution in [3.8, 4) is 0 Å². The number of rotatable bonds is 4. The minimum atomic E-state index is -0.0997. The third-order valence-electron chi connectivity index (χ3n) is 3.35.